The van der Waals surface area contributed by atoms with Crippen molar-refractivity contribution in [3.8, 4) is 0 Å². The van der Waals surface area contributed by atoms with Crippen molar-refractivity contribution in [2.24, 2.45) is 0 Å². The maximum atomic E-state index is 2.71. The summed E-state index contributed by atoms with van der Waals surface area (Å²) in [7, 11) is 0. The Balaban J connectivity index is 2.09. The van der Waals surface area contributed by atoms with Crippen LogP contribution in [0.2, 0.25) is 0 Å². The van der Waals surface area contributed by atoms with E-state index in [2.05, 4.69) is 89.8 Å². The Kier molecular flexibility index (Phi) is 4.94. The van der Waals surface area contributed by atoms with Crippen LogP contribution in [0.4, 0.5) is 5.69 Å². The smallest absolute Gasteiger partial charge is 0.0435 e. The highest BCUT2D eigenvalue weighted by Crippen LogP contribution is 2.47. The van der Waals surface area contributed by atoms with Crippen LogP contribution in [0.25, 0.3) is 0 Å². The largest absolute Gasteiger partial charge is 0.365 e. The molecule has 0 N–H and O–H groups in total. The van der Waals surface area contributed by atoms with Crippen LogP contribution >= 0.6 is 0 Å². The van der Waals surface area contributed by atoms with Gasteiger partial charge in [-0.3, -0.25) is 0 Å². The molecule has 26 heavy (non-hydrogen) atoms. The SMILES string of the molecule is CCc1cccc(CC)c1N1C[C@](C)(c2cc(C)cc(C)c2)CC1(C)C. The van der Waals surface area contributed by atoms with Crippen molar-refractivity contribution in [1.29, 1.82) is 0 Å². The number of anilines is 1. The van der Waals surface area contributed by atoms with Crippen molar-refractivity contribution in [2.75, 3.05) is 11.4 Å². The minimum Gasteiger partial charge on any atom is -0.365 e. The highest BCUT2D eigenvalue weighted by atomic mass is 15.2. The minimum absolute atomic E-state index is 0.154. The Bertz CT molecular complexity index is 759. The molecule has 2 aromatic carbocycles. The molecule has 0 aromatic heterocycles. The van der Waals surface area contributed by atoms with Gasteiger partial charge in [0.2, 0.25) is 0 Å². The van der Waals surface area contributed by atoms with Crippen molar-refractivity contribution in [3.05, 3.63) is 64.2 Å². The van der Waals surface area contributed by atoms with Crippen molar-refractivity contribution in [1.82, 2.24) is 0 Å². The number of hydrogen-bond acceptors (Lipinski definition) is 1. The fourth-order valence-corrected chi connectivity index (χ4v) is 5.13. The van der Waals surface area contributed by atoms with Crippen LogP contribution in [0.15, 0.2) is 36.4 Å². The van der Waals surface area contributed by atoms with Gasteiger partial charge in [0.15, 0.2) is 0 Å². The Labute approximate surface area is 160 Å². The van der Waals surface area contributed by atoms with Crippen molar-refractivity contribution < 1.29 is 0 Å². The van der Waals surface area contributed by atoms with E-state index in [9.17, 15) is 0 Å². The van der Waals surface area contributed by atoms with Gasteiger partial charge in [0, 0.05) is 23.2 Å². The third-order valence-corrected chi connectivity index (χ3v) is 6.21. The Morgan fingerprint density at radius 2 is 1.42 bits per heavy atom. The Hall–Kier alpha value is -1.76. The van der Waals surface area contributed by atoms with E-state index >= 15 is 0 Å². The number of hydrogen-bond donors (Lipinski definition) is 0. The lowest BCUT2D eigenvalue weighted by Crippen LogP contribution is -2.39. The van der Waals surface area contributed by atoms with E-state index in [-0.39, 0.29) is 11.0 Å². The van der Waals surface area contributed by atoms with E-state index in [0.29, 0.717) is 0 Å². The van der Waals surface area contributed by atoms with E-state index < -0.39 is 0 Å². The fraction of sp³-hybridized carbons (Fsp3) is 0.520. The molecule has 1 fully saturated rings. The van der Waals surface area contributed by atoms with Crippen molar-refractivity contribution in [2.45, 2.75) is 78.7 Å². The normalized spacial score (nSPS) is 22.0. The molecule has 0 saturated carbocycles. The molecule has 1 aliphatic heterocycles. The second-order valence-electron chi connectivity index (χ2n) is 9.14. The lowest BCUT2D eigenvalue weighted by Gasteiger charge is -2.36. The van der Waals surface area contributed by atoms with Gasteiger partial charge in [-0.25, -0.2) is 0 Å². The predicted molar refractivity (Wildman–Crippen MR) is 115 cm³/mol. The summed E-state index contributed by atoms with van der Waals surface area (Å²) in [6, 6.07) is 14.0. The molecule has 1 saturated heterocycles. The van der Waals surface area contributed by atoms with Gasteiger partial charge in [0.05, 0.1) is 0 Å². The summed E-state index contributed by atoms with van der Waals surface area (Å²) in [5, 5.41) is 0. The third-order valence-electron chi connectivity index (χ3n) is 6.21. The summed E-state index contributed by atoms with van der Waals surface area (Å²) >= 11 is 0. The first-order chi connectivity index (χ1) is 12.2. The van der Waals surface area contributed by atoms with E-state index in [4.69, 9.17) is 0 Å². The van der Waals surface area contributed by atoms with Crippen LogP contribution in [0.1, 0.15) is 68.9 Å². The molecule has 0 amide bonds. The van der Waals surface area contributed by atoms with E-state index in [1.54, 1.807) is 0 Å². The van der Waals surface area contributed by atoms with Gasteiger partial charge < -0.3 is 4.90 Å². The Morgan fingerprint density at radius 1 is 0.885 bits per heavy atom. The molecule has 1 heteroatoms. The molecule has 0 radical (unpaired) electrons. The van der Waals surface area contributed by atoms with E-state index in [1.165, 1.54) is 39.9 Å². The van der Waals surface area contributed by atoms with Gasteiger partial charge in [0.1, 0.15) is 0 Å². The summed E-state index contributed by atoms with van der Waals surface area (Å²) in [6.07, 6.45) is 3.37. The van der Waals surface area contributed by atoms with Crippen LogP contribution < -0.4 is 4.90 Å². The second-order valence-corrected chi connectivity index (χ2v) is 9.14. The van der Waals surface area contributed by atoms with E-state index in [1.807, 2.05) is 0 Å². The zero-order valence-corrected chi connectivity index (χ0v) is 17.7. The summed E-state index contributed by atoms with van der Waals surface area (Å²) in [4.78, 5) is 2.71. The molecule has 0 unspecified atom stereocenters. The van der Waals surface area contributed by atoms with Crippen LogP contribution in [0.5, 0.6) is 0 Å². The predicted octanol–water partition coefficient (Wildman–Crippen LogP) is 6.37. The Morgan fingerprint density at radius 3 is 1.92 bits per heavy atom. The lowest BCUT2D eigenvalue weighted by molar-refractivity contribution is 0.444. The van der Waals surface area contributed by atoms with Crippen LogP contribution in [-0.4, -0.2) is 12.1 Å². The molecule has 3 rings (SSSR count). The molecule has 0 spiro atoms. The molecular weight excluding hydrogens is 314 g/mol. The van der Waals surface area contributed by atoms with E-state index in [0.717, 1.165) is 19.4 Å². The van der Waals surface area contributed by atoms with Crippen LogP contribution in [0, 0.1) is 13.8 Å². The topological polar surface area (TPSA) is 3.24 Å². The molecule has 0 bridgehead atoms. The zero-order chi connectivity index (χ0) is 19.1. The number of rotatable bonds is 4. The van der Waals surface area contributed by atoms with Crippen LogP contribution in [0.3, 0.4) is 0 Å². The molecule has 1 heterocycles. The maximum absolute atomic E-state index is 2.71. The molecular formula is C25H35N. The maximum Gasteiger partial charge on any atom is 0.0435 e. The first-order valence-electron chi connectivity index (χ1n) is 10.2. The summed E-state index contributed by atoms with van der Waals surface area (Å²) < 4.78 is 0. The molecule has 0 aliphatic carbocycles. The summed E-state index contributed by atoms with van der Waals surface area (Å²) in [6.45, 7) is 17.4. The summed E-state index contributed by atoms with van der Waals surface area (Å²) in [5.41, 5.74) is 9.06. The van der Waals surface area contributed by atoms with Gasteiger partial charge in [-0.15, -0.1) is 0 Å². The third kappa shape index (κ3) is 3.29. The second kappa shape index (κ2) is 6.76. The van der Waals surface area contributed by atoms with Gasteiger partial charge in [-0.2, -0.15) is 0 Å². The minimum atomic E-state index is 0.154. The van der Waals surface area contributed by atoms with Crippen molar-refractivity contribution in [3.63, 3.8) is 0 Å². The molecule has 140 valence electrons. The van der Waals surface area contributed by atoms with Gasteiger partial charge in [-0.1, -0.05) is 68.3 Å². The highest BCUT2D eigenvalue weighted by molar-refractivity contribution is 5.63. The quantitative estimate of drug-likeness (QED) is 0.619. The first-order valence-corrected chi connectivity index (χ1v) is 10.2. The van der Waals surface area contributed by atoms with Gasteiger partial charge >= 0.3 is 0 Å². The van der Waals surface area contributed by atoms with Crippen molar-refractivity contribution >= 4 is 5.69 Å². The molecule has 1 aliphatic rings. The monoisotopic (exact) mass is 349 g/mol. The average Bonchev–Trinajstić information content (AvgIpc) is 2.83. The number of aryl methyl sites for hydroxylation is 4. The molecule has 1 nitrogen and oxygen atoms in total. The molecule has 1 atom stereocenters. The number of nitrogens with zero attached hydrogens (tertiary/aromatic N) is 1. The van der Waals surface area contributed by atoms with Crippen LogP contribution in [-0.2, 0) is 18.3 Å². The highest BCUT2D eigenvalue weighted by Gasteiger charge is 2.47. The average molecular weight is 350 g/mol. The summed E-state index contributed by atoms with van der Waals surface area (Å²) in [5.74, 6) is 0. The lowest BCUT2D eigenvalue weighted by atomic mass is 9.77. The first kappa shape index (κ1) is 19.0. The number of benzene rings is 2. The standard InChI is InChI=1S/C25H35N/c1-8-20-11-10-12-21(9-2)23(20)26-17-25(7,16-24(26,5)6)22-14-18(3)13-19(4)15-22/h10-15H,8-9,16-17H2,1-7H3/t25-/m1/s1. The zero-order valence-electron chi connectivity index (χ0n) is 17.7. The fourth-order valence-electron chi connectivity index (χ4n) is 5.13. The van der Waals surface area contributed by atoms with Gasteiger partial charge in [0.25, 0.3) is 0 Å². The van der Waals surface area contributed by atoms with Gasteiger partial charge in [-0.05, 0) is 63.6 Å². The number of para-hydroxylation sites is 1. The molecule has 2 aromatic rings.